The van der Waals surface area contributed by atoms with Crippen molar-refractivity contribution in [1.82, 2.24) is 9.55 Å². The summed E-state index contributed by atoms with van der Waals surface area (Å²) in [6.07, 6.45) is 4.08. The quantitative estimate of drug-likeness (QED) is 0.661. The summed E-state index contributed by atoms with van der Waals surface area (Å²) in [6, 6.07) is 6.61. The summed E-state index contributed by atoms with van der Waals surface area (Å²) in [5, 5.41) is 4.43. The molecule has 17 heavy (non-hydrogen) atoms. The molecule has 0 unspecified atom stereocenters. The summed E-state index contributed by atoms with van der Waals surface area (Å²) < 4.78 is 2.29. The van der Waals surface area contributed by atoms with Gasteiger partial charge in [0, 0.05) is 40.8 Å². The van der Waals surface area contributed by atoms with Crippen LogP contribution in [0.3, 0.4) is 0 Å². The van der Waals surface area contributed by atoms with Crippen molar-refractivity contribution in [2.75, 3.05) is 0 Å². The number of fused-ring (bicyclic) bond motifs is 1. The van der Waals surface area contributed by atoms with Gasteiger partial charge >= 0.3 is 0 Å². The molecule has 0 N–H and O–H groups in total. The third kappa shape index (κ3) is 1.67. The first-order valence-electron chi connectivity index (χ1n) is 5.79. The third-order valence-electron chi connectivity index (χ3n) is 3.04. The van der Waals surface area contributed by atoms with Gasteiger partial charge in [0.25, 0.3) is 0 Å². The second-order valence-corrected chi connectivity index (χ2v) is 5.08. The van der Waals surface area contributed by atoms with Crippen LogP contribution in [0.2, 0.25) is 0 Å². The van der Waals surface area contributed by atoms with E-state index in [1.54, 1.807) is 11.3 Å². The molecule has 3 aromatic rings. The van der Waals surface area contributed by atoms with Crippen LogP contribution in [0.25, 0.3) is 21.5 Å². The van der Waals surface area contributed by atoms with Crippen molar-refractivity contribution >= 4 is 22.2 Å². The first kappa shape index (κ1) is 10.5. The van der Waals surface area contributed by atoms with E-state index in [9.17, 15) is 0 Å². The van der Waals surface area contributed by atoms with E-state index in [1.165, 1.54) is 22.0 Å². The van der Waals surface area contributed by atoms with Crippen molar-refractivity contribution in [3.63, 3.8) is 0 Å². The Balaban J connectivity index is 2.33. The Kier molecular flexibility index (Phi) is 2.48. The molecule has 0 radical (unpaired) electrons. The SMILES string of the molecule is CCn1cc(-c2nccs2)c2ccc(C)cc21. The molecule has 0 saturated heterocycles. The molecule has 0 spiro atoms. The Morgan fingerprint density at radius 3 is 2.94 bits per heavy atom. The van der Waals surface area contributed by atoms with Gasteiger partial charge in [-0.15, -0.1) is 11.3 Å². The molecule has 2 nitrogen and oxygen atoms in total. The fourth-order valence-corrected chi connectivity index (χ4v) is 2.85. The van der Waals surface area contributed by atoms with Crippen molar-refractivity contribution < 1.29 is 0 Å². The Bertz CT molecular complexity index is 650. The summed E-state index contributed by atoms with van der Waals surface area (Å²) in [5.41, 5.74) is 3.85. The van der Waals surface area contributed by atoms with E-state index in [0.717, 1.165) is 11.6 Å². The molecule has 0 aliphatic heterocycles. The minimum atomic E-state index is 0.991. The average molecular weight is 242 g/mol. The fraction of sp³-hybridized carbons (Fsp3) is 0.214. The molecule has 1 aromatic carbocycles. The Hall–Kier alpha value is -1.61. The molecule has 2 aromatic heterocycles. The molecule has 2 heterocycles. The van der Waals surface area contributed by atoms with Gasteiger partial charge in [-0.05, 0) is 25.5 Å². The van der Waals surface area contributed by atoms with Crippen LogP contribution in [0.1, 0.15) is 12.5 Å². The number of aromatic nitrogens is 2. The monoisotopic (exact) mass is 242 g/mol. The topological polar surface area (TPSA) is 17.8 Å². The fourth-order valence-electron chi connectivity index (χ4n) is 2.19. The predicted molar refractivity (Wildman–Crippen MR) is 73.5 cm³/mol. The number of rotatable bonds is 2. The number of thiazole rings is 1. The third-order valence-corrected chi connectivity index (χ3v) is 3.85. The molecule has 0 bridgehead atoms. The second-order valence-electron chi connectivity index (χ2n) is 4.19. The Morgan fingerprint density at radius 2 is 2.24 bits per heavy atom. The van der Waals surface area contributed by atoms with Crippen molar-refractivity contribution in [1.29, 1.82) is 0 Å². The minimum absolute atomic E-state index is 0.991. The lowest BCUT2D eigenvalue weighted by atomic mass is 10.1. The van der Waals surface area contributed by atoms with E-state index in [-0.39, 0.29) is 0 Å². The van der Waals surface area contributed by atoms with Crippen LogP contribution in [-0.2, 0) is 6.54 Å². The van der Waals surface area contributed by atoms with E-state index in [2.05, 4.69) is 47.8 Å². The molecular weight excluding hydrogens is 228 g/mol. The molecule has 0 atom stereocenters. The van der Waals surface area contributed by atoms with Gasteiger partial charge in [0.15, 0.2) is 0 Å². The van der Waals surface area contributed by atoms with Gasteiger partial charge in [0.05, 0.1) is 0 Å². The summed E-state index contributed by atoms with van der Waals surface area (Å²) in [4.78, 5) is 4.41. The lowest BCUT2D eigenvalue weighted by Gasteiger charge is -2.00. The number of hydrogen-bond donors (Lipinski definition) is 0. The number of hydrogen-bond acceptors (Lipinski definition) is 2. The summed E-state index contributed by atoms with van der Waals surface area (Å²) in [7, 11) is 0. The summed E-state index contributed by atoms with van der Waals surface area (Å²) >= 11 is 1.69. The zero-order valence-corrected chi connectivity index (χ0v) is 10.8. The van der Waals surface area contributed by atoms with Gasteiger partial charge in [-0.2, -0.15) is 0 Å². The van der Waals surface area contributed by atoms with Crippen LogP contribution < -0.4 is 0 Å². The van der Waals surface area contributed by atoms with E-state index in [1.807, 2.05) is 11.6 Å². The predicted octanol–water partition coefficient (Wildman–Crippen LogP) is 4.09. The van der Waals surface area contributed by atoms with Crippen LogP contribution in [0.15, 0.2) is 36.0 Å². The van der Waals surface area contributed by atoms with Gasteiger partial charge in [0.1, 0.15) is 5.01 Å². The number of nitrogens with zero attached hydrogens (tertiary/aromatic N) is 2. The molecule has 3 heteroatoms. The lowest BCUT2D eigenvalue weighted by Crippen LogP contribution is -1.90. The highest BCUT2D eigenvalue weighted by atomic mass is 32.1. The molecule has 0 fully saturated rings. The summed E-state index contributed by atoms with van der Waals surface area (Å²) in [5.74, 6) is 0. The van der Waals surface area contributed by atoms with Crippen molar-refractivity contribution in [3.8, 4) is 10.6 Å². The summed E-state index contributed by atoms with van der Waals surface area (Å²) in [6.45, 7) is 5.30. The van der Waals surface area contributed by atoms with Crippen LogP contribution in [0.4, 0.5) is 0 Å². The number of aryl methyl sites for hydroxylation is 2. The van der Waals surface area contributed by atoms with Gasteiger partial charge in [-0.1, -0.05) is 12.1 Å². The maximum atomic E-state index is 4.41. The van der Waals surface area contributed by atoms with E-state index in [0.29, 0.717) is 0 Å². The first-order chi connectivity index (χ1) is 8.29. The van der Waals surface area contributed by atoms with E-state index in [4.69, 9.17) is 0 Å². The van der Waals surface area contributed by atoms with Gasteiger partial charge < -0.3 is 4.57 Å². The van der Waals surface area contributed by atoms with Gasteiger partial charge in [-0.25, -0.2) is 4.98 Å². The van der Waals surface area contributed by atoms with E-state index < -0.39 is 0 Å². The minimum Gasteiger partial charge on any atom is -0.347 e. The molecular formula is C14H14N2S. The second kappa shape index (κ2) is 4.00. The van der Waals surface area contributed by atoms with Crippen LogP contribution in [0.5, 0.6) is 0 Å². The van der Waals surface area contributed by atoms with Gasteiger partial charge in [0.2, 0.25) is 0 Å². The van der Waals surface area contributed by atoms with Crippen molar-refractivity contribution in [2.45, 2.75) is 20.4 Å². The molecule has 0 aliphatic rings. The first-order valence-corrected chi connectivity index (χ1v) is 6.67. The van der Waals surface area contributed by atoms with Crippen LogP contribution in [0, 0.1) is 6.92 Å². The van der Waals surface area contributed by atoms with Crippen molar-refractivity contribution in [3.05, 3.63) is 41.5 Å². The van der Waals surface area contributed by atoms with Gasteiger partial charge in [-0.3, -0.25) is 0 Å². The zero-order valence-electron chi connectivity index (χ0n) is 9.97. The highest BCUT2D eigenvalue weighted by molar-refractivity contribution is 7.13. The van der Waals surface area contributed by atoms with Crippen molar-refractivity contribution in [2.24, 2.45) is 0 Å². The molecule has 0 amide bonds. The maximum Gasteiger partial charge on any atom is 0.125 e. The molecule has 0 saturated carbocycles. The average Bonchev–Trinajstić information content (AvgIpc) is 2.94. The highest BCUT2D eigenvalue weighted by Crippen LogP contribution is 2.32. The standard InChI is InChI=1S/C14H14N2S/c1-3-16-9-12(14-15-6-7-17-14)11-5-4-10(2)8-13(11)16/h4-9H,3H2,1-2H3. The van der Waals surface area contributed by atoms with Crippen LogP contribution in [-0.4, -0.2) is 9.55 Å². The number of benzene rings is 1. The Labute approximate surface area is 105 Å². The van der Waals surface area contributed by atoms with Crippen LogP contribution >= 0.6 is 11.3 Å². The Morgan fingerprint density at radius 1 is 1.35 bits per heavy atom. The lowest BCUT2D eigenvalue weighted by molar-refractivity contribution is 0.798. The zero-order chi connectivity index (χ0) is 11.8. The highest BCUT2D eigenvalue weighted by Gasteiger charge is 2.11. The molecule has 0 aliphatic carbocycles. The van der Waals surface area contributed by atoms with E-state index >= 15 is 0 Å². The molecule has 86 valence electrons. The normalized spacial score (nSPS) is 11.2. The molecule has 3 rings (SSSR count). The largest absolute Gasteiger partial charge is 0.347 e. The smallest absolute Gasteiger partial charge is 0.125 e. The maximum absolute atomic E-state index is 4.41.